The van der Waals surface area contributed by atoms with Crippen molar-refractivity contribution >= 4 is 5.78 Å². The van der Waals surface area contributed by atoms with Gasteiger partial charge in [0.05, 0.1) is 5.56 Å². The highest BCUT2D eigenvalue weighted by atomic mass is 16.6. The zero-order chi connectivity index (χ0) is 13.1. The van der Waals surface area contributed by atoms with Crippen LogP contribution in [0.15, 0.2) is 18.2 Å². The Labute approximate surface area is 113 Å². The molecule has 0 N–H and O–H groups in total. The van der Waals surface area contributed by atoms with Crippen molar-refractivity contribution in [2.75, 3.05) is 13.2 Å². The van der Waals surface area contributed by atoms with Crippen LogP contribution in [0.25, 0.3) is 0 Å². The summed E-state index contributed by atoms with van der Waals surface area (Å²) in [5, 5.41) is 0. The zero-order valence-corrected chi connectivity index (χ0v) is 11.2. The maximum Gasteiger partial charge on any atom is 0.172 e. The van der Waals surface area contributed by atoms with Crippen molar-refractivity contribution < 1.29 is 14.3 Å². The first-order chi connectivity index (χ1) is 9.34. The minimum atomic E-state index is 0.203. The van der Waals surface area contributed by atoms with Crippen LogP contribution in [0.5, 0.6) is 11.5 Å². The molecular formula is C16H20O3. The first kappa shape index (κ1) is 12.5. The van der Waals surface area contributed by atoms with Crippen LogP contribution in [0.1, 0.15) is 48.9 Å². The highest BCUT2D eigenvalue weighted by Crippen LogP contribution is 2.36. The second-order valence-electron chi connectivity index (χ2n) is 5.46. The molecule has 0 aromatic heterocycles. The first-order valence-electron chi connectivity index (χ1n) is 7.26. The Hall–Kier alpha value is -1.51. The van der Waals surface area contributed by atoms with Crippen LogP contribution >= 0.6 is 0 Å². The van der Waals surface area contributed by atoms with Crippen LogP contribution < -0.4 is 9.47 Å². The third-order valence-electron chi connectivity index (χ3n) is 4.07. The lowest BCUT2D eigenvalue weighted by atomic mass is 9.84. The molecule has 0 saturated heterocycles. The molecule has 3 nitrogen and oxygen atoms in total. The number of para-hydroxylation sites is 1. The highest BCUT2D eigenvalue weighted by molar-refractivity contribution is 5.99. The number of hydrogen-bond acceptors (Lipinski definition) is 3. The van der Waals surface area contributed by atoms with Gasteiger partial charge in [-0.05, 0) is 18.1 Å². The van der Waals surface area contributed by atoms with E-state index in [0.717, 1.165) is 0 Å². The summed E-state index contributed by atoms with van der Waals surface area (Å²) in [5.41, 5.74) is 0.697. The van der Waals surface area contributed by atoms with E-state index in [1.165, 1.54) is 32.1 Å². The van der Waals surface area contributed by atoms with Crippen molar-refractivity contribution in [1.29, 1.82) is 0 Å². The normalized spacial score (nSPS) is 19.2. The van der Waals surface area contributed by atoms with Gasteiger partial charge in [0.1, 0.15) is 13.2 Å². The van der Waals surface area contributed by atoms with Crippen molar-refractivity contribution in [3.05, 3.63) is 23.8 Å². The molecular weight excluding hydrogens is 240 g/mol. The van der Waals surface area contributed by atoms with Crippen molar-refractivity contribution in [3.8, 4) is 11.5 Å². The van der Waals surface area contributed by atoms with E-state index < -0.39 is 0 Å². The van der Waals surface area contributed by atoms with E-state index in [4.69, 9.17) is 9.47 Å². The number of carbonyl (C=O) groups is 1. The molecule has 1 aromatic carbocycles. The van der Waals surface area contributed by atoms with E-state index in [-0.39, 0.29) is 5.78 Å². The van der Waals surface area contributed by atoms with Gasteiger partial charge in [0.2, 0.25) is 0 Å². The lowest BCUT2D eigenvalue weighted by Crippen LogP contribution is -2.19. The topological polar surface area (TPSA) is 35.5 Å². The number of hydrogen-bond donors (Lipinski definition) is 0. The van der Waals surface area contributed by atoms with Gasteiger partial charge in [0, 0.05) is 6.42 Å². The van der Waals surface area contributed by atoms with Crippen LogP contribution in [-0.4, -0.2) is 19.0 Å². The van der Waals surface area contributed by atoms with E-state index >= 15 is 0 Å². The van der Waals surface area contributed by atoms with Crippen LogP contribution in [0.3, 0.4) is 0 Å². The molecule has 1 saturated carbocycles. The fraction of sp³-hybridized carbons (Fsp3) is 0.562. The number of Topliss-reactive ketones (excluding diaryl/α,β-unsaturated/α-hetero) is 1. The number of fused-ring (bicyclic) bond motifs is 1. The number of ether oxygens (including phenoxy) is 2. The van der Waals surface area contributed by atoms with E-state index in [9.17, 15) is 4.79 Å². The summed E-state index contributed by atoms with van der Waals surface area (Å²) in [6.07, 6.45) is 6.90. The van der Waals surface area contributed by atoms with Gasteiger partial charge in [-0.3, -0.25) is 4.79 Å². The summed E-state index contributed by atoms with van der Waals surface area (Å²) < 4.78 is 11.1. The second-order valence-corrected chi connectivity index (χ2v) is 5.46. The zero-order valence-electron chi connectivity index (χ0n) is 11.2. The highest BCUT2D eigenvalue weighted by Gasteiger charge is 2.23. The average molecular weight is 260 g/mol. The Morgan fingerprint density at radius 3 is 2.74 bits per heavy atom. The Bertz CT molecular complexity index is 461. The van der Waals surface area contributed by atoms with Gasteiger partial charge in [-0.2, -0.15) is 0 Å². The predicted octanol–water partition coefficient (Wildman–Crippen LogP) is 3.61. The summed E-state index contributed by atoms with van der Waals surface area (Å²) in [4.78, 5) is 12.4. The number of benzene rings is 1. The predicted molar refractivity (Wildman–Crippen MR) is 73.0 cm³/mol. The van der Waals surface area contributed by atoms with Crippen molar-refractivity contribution in [2.45, 2.75) is 38.5 Å². The summed E-state index contributed by atoms with van der Waals surface area (Å²) >= 11 is 0. The monoisotopic (exact) mass is 260 g/mol. The van der Waals surface area contributed by atoms with Gasteiger partial charge < -0.3 is 9.47 Å². The smallest absolute Gasteiger partial charge is 0.172 e. The molecule has 0 atom stereocenters. The summed E-state index contributed by atoms with van der Waals surface area (Å²) in [5.74, 6) is 2.12. The molecule has 0 radical (unpaired) electrons. The van der Waals surface area contributed by atoms with Gasteiger partial charge in [-0.25, -0.2) is 0 Å². The van der Waals surface area contributed by atoms with Gasteiger partial charge in [0.25, 0.3) is 0 Å². The van der Waals surface area contributed by atoms with Crippen LogP contribution in [0.2, 0.25) is 0 Å². The van der Waals surface area contributed by atoms with Gasteiger partial charge in [-0.1, -0.05) is 38.2 Å². The maximum atomic E-state index is 12.4. The third-order valence-corrected chi connectivity index (χ3v) is 4.07. The summed E-state index contributed by atoms with van der Waals surface area (Å²) in [7, 11) is 0. The molecule has 1 aliphatic carbocycles. The van der Waals surface area contributed by atoms with Crippen LogP contribution in [0, 0.1) is 5.92 Å². The standard InChI is InChI=1S/C16H20O3/c17-14(11-12-5-2-1-3-6-12)13-7-4-8-15-16(13)19-10-9-18-15/h4,7-8,12H,1-3,5-6,9-11H2. The largest absolute Gasteiger partial charge is 0.486 e. The van der Waals surface area contributed by atoms with E-state index in [1.807, 2.05) is 18.2 Å². The maximum absolute atomic E-state index is 12.4. The molecule has 0 amide bonds. The molecule has 0 bridgehead atoms. The Morgan fingerprint density at radius 1 is 1.11 bits per heavy atom. The van der Waals surface area contributed by atoms with E-state index in [1.54, 1.807) is 0 Å². The molecule has 0 spiro atoms. The van der Waals surface area contributed by atoms with E-state index in [0.29, 0.717) is 42.6 Å². The lowest BCUT2D eigenvalue weighted by Gasteiger charge is -2.23. The molecule has 0 unspecified atom stereocenters. The van der Waals surface area contributed by atoms with E-state index in [2.05, 4.69) is 0 Å². The second kappa shape index (κ2) is 5.64. The quantitative estimate of drug-likeness (QED) is 0.779. The fourth-order valence-corrected chi connectivity index (χ4v) is 3.06. The molecule has 1 fully saturated rings. The SMILES string of the molecule is O=C(CC1CCCCC1)c1cccc2c1OCCO2. The first-order valence-corrected chi connectivity index (χ1v) is 7.26. The molecule has 1 aromatic rings. The van der Waals surface area contributed by atoms with Crippen molar-refractivity contribution in [1.82, 2.24) is 0 Å². The lowest BCUT2D eigenvalue weighted by molar-refractivity contribution is 0.0939. The fourth-order valence-electron chi connectivity index (χ4n) is 3.06. The number of rotatable bonds is 3. The minimum absolute atomic E-state index is 0.203. The van der Waals surface area contributed by atoms with Gasteiger partial charge in [-0.15, -0.1) is 0 Å². The van der Waals surface area contributed by atoms with Gasteiger partial charge in [0.15, 0.2) is 17.3 Å². The average Bonchev–Trinajstić information content (AvgIpc) is 2.47. The Kier molecular flexibility index (Phi) is 3.72. The Balaban J connectivity index is 1.75. The van der Waals surface area contributed by atoms with Crippen LogP contribution in [-0.2, 0) is 0 Å². The third kappa shape index (κ3) is 2.75. The summed E-state index contributed by atoms with van der Waals surface area (Å²) in [6.45, 7) is 1.09. The molecule has 2 aliphatic rings. The van der Waals surface area contributed by atoms with Crippen molar-refractivity contribution in [2.24, 2.45) is 5.92 Å². The summed E-state index contributed by atoms with van der Waals surface area (Å²) in [6, 6.07) is 5.60. The molecule has 3 rings (SSSR count). The minimum Gasteiger partial charge on any atom is -0.486 e. The number of ketones is 1. The molecule has 3 heteroatoms. The van der Waals surface area contributed by atoms with Crippen LogP contribution in [0.4, 0.5) is 0 Å². The molecule has 102 valence electrons. The Morgan fingerprint density at radius 2 is 1.89 bits per heavy atom. The molecule has 19 heavy (non-hydrogen) atoms. The molecule has 1 aliphatic heterocycles. The van der Waals surface area contributed by atoms with Crippen molar-refractivity contribution in [3.63, 3.8) is 0 Å². The number of carbonyl (C=O) groups excluding carboxylic acids is 1. The van der Waals surface area contributed by atoms with Gasteiger partial charge >= 0.3 is 0 Å². The molecule has 1 heterocycles.